The fourth-order valence-corrected chi connectivity index (χ4v) is 2.58. The molecule has 4 nitrogen and oxygen atoms in total. The Labute approximate surface area is 102 Å². The van der Waals surface area contributed by atoms with E-state index in [1.165, 1.54) is 12.8 Å². The van der Waals surface area contributed by atoms with Gasteiger partial charge in [-0.05, 0) is 32.0 Å². The van der Waals surface area contributed by atoms with Crippen LogP contribution in [0.5, 0.6) is 0 Å². The summed E-state index contributed by atoms with van der Waals surface area (Å²) in [6.07, 6.45) is 4.96. The second-order valence-electron chi connectivity index (χ2n) is 4.99. The second kappa shape index (κ2) is 4.92. The molecule has 0 aromatic carbocycles. The molecule has 1 N–H and O–H groups in total. The van der Waals surface area contributed by atoms with Crippen molar-refractivity contribution in [2.75, 3.05) is 20.7 Å². The highest BCUT2D eigenvalue weighted by Crippen LogP contribution is 2.42. The summed E-state index contributed by atoms with van der Waals surface area (Å²) in [5.74, 6) is -0.0536. The number of nitrogens with one attached hydrogen (secondary N) is 1. The van der Waals surface area contributed by atoms with Gasteiger partial charge in [0.2, 0.25) is 0 Å². The Morgan fingerprint density at radius 2 is 2.35 bits per heavy atom. The Hall–Kier alpha value is -1.29. The molecule has 1 saturated carbocycles. The van der Waals surface area contributed by atoms with Gasteiger partial charge in [0.1, 0.15) is 0 Å². The molecule has 0 unspecified atom stereocenters. The van der Waals surface area contributed by atoms with Gasteiger partial charge in [0.15, 0.2) is 0 Å². The summed E-state index contributed by atoms with van der Waals surface area (Å²) in [4.78, 5) is 17.2. The fraction of sp³-hybridized carbons (Fsp3) is 0.615. The number of hydrogen-bond donors (Lipinski definition) is 1. The van der Waals surface area contributed by atoms with Crippen LogP contribution in [0.1, 0.15) is 25.0 Å². The van der Waals surface area contributed by atoms with Crippen LogP contribution in [-0.4, -0.2) is 36.6 Å². The molecule has 2 rings (SSSR count). The van der Waals surface area contributed by atoms with Crippen LogP contribution in [0.15, 0.2) is 18.3 Å². The van der Waals surface area contributed by atoms with Crippen LogP contribution in [0.2, 0.25) is 0 Å². The van der Waals surface area contributed by atoms with Crippen LogP contribution in [-0.2, 0) is 16.1 Å². The van der Waals surface area contributed by atoms with Crippen molar-refractivity contribution < 1.29 is 9.53 Å². The molecular weight excluding hydrogens is 216 g/mol. The zero-order valence-electron chi connectivity index (χ0n) is 10.5. The van der Waals surface area contributed by atoms with Gasteiger partial charge in [-0.2, -0.15) is 0 Å². The number of ether oxygens (including phenoxy) is 1. The van der Waals surface area contributed by atoms with E-state index >= 15 is 0 Å². The van der Waals surface area contributed by atoms with Crippen molar-refractivity contribution in [2.24, 2.45) is 5.41 Å². The van der Waals surface area contributed by atoms with Gasteiger partial charge in [-0.1, -0.05) is 6.42 Å². The topological polar surface area (TPSA) is 45.3 Å². The van der Waals surface area contributed by atoms with Crippen LogP contribution < -0.4 is 0 Å². The SMILES string of the molecule is COC(=O)C1(CN(C)Cc2ccc[nH]2)CCC1. The third-order valence-electron chi connectivity index (χ3n) is 3.60. The predicted molar refractivity (Wildman–Crippen MR) is 65.4 cm³/mol. The van der Waals surface area contributed by atoms with E-state index in [0.717, 1.165) is 32.4 Å². The maximum absolute atomic E-state index is 11.8. The average Bonchev–Trinajstić information content (AvgIpc) is 2.75. The molecular formula is C13H20N2O2. The quantitative estimate of drug-likeness (QED) is 0.793. The molecule has 0 atom stereocenters. The standard InChI is InChI=1S/C13H20N2O2/c1-15(9-11-5-3-8-14-11)10-13(6-4-7-13)12(16)17-2/h3,5,8,14H,4,6-7,9-10H2,1-2H3. The molecule has 1 heterocycles. The lowest BCUT2D eigenvalue weighted by Crippen LogP contribution is -2.47. The van der Waals surface area contributed by atoms with Gasteiger partial charge in [0.05, 0.1) is 12.5 Å². The molecule has 1 aromatic heterocycles. The first-order chi connectivity index (χ1) is 8.16. The highest BCUT2D eigenvalue weighted by atomic mass is 16.5. The van der Waals surface area contributed by atoms with E-state index in [1.807, 2.05) is 19.3 Å². The van der Waals surface area contributed by atoms with Crippen LogP contribution in [0.3, 0.4) is 0 Å². The molecule has 0 radical (unpaired) electrons. The molecule has 1 aliphatic rings. The lowest BCUT2D eigenvalue weighted by Gasteiger charge is -2.41. The molecule has 94 valence electrons. The monoisotopic (exact) mass is 236 g/mol. The molecule has 0 spiro atoms. The number of H-pyrrole nitrogens is 1. The van der Waals surface area contributed by atoms with Crippen molar-refractivity contribution in [2.45, 2.75) is 25.8 Å². The lowest BCUT2D eigenvalue weighted by molar-refractivity contribution is -0.160. The number of hydrogen-bond acceptors (Lipinski definition) is 3. The van der Waals surface area contributed by atoms with E-state index in [-0.39, 0.29) is 11.4 Å². The summed E-state index contributed by atoms with van der Waals surface area (Å²) >= 11 is 0. The minimum absolute atomic E-state index is 0.0536. The number of carbonyl (C=O) groups is 1. The van der Waals surface area contributed by atoms with Gasteiger partial charge in [-0.3, -0.25) is 9.69 Å². The number of carbonyl (C=O) groups excluding carboxylic acids is 1. The lowest BCUT2D eigenvalue weighted by atomic mass is 9.68. The normalized spacial score (nSPS) is 17.8. The van der Waals surface area contributed by atoms with Crippen LogP contribution in [0.4, 0.5) is 0 Å². The first kappa shape index (κ1) is 12.2. The van der Waals surface area contributed by atoms with Gasteiger partial charge < -0.3 is 9.72 Å². The van der Waals surface area contributed by atoms with Crippen LogP contribution >= 0.6 is 0 Å². The smallest absolute Gasteiger partial charge is 0.313 e. The summed E-state index contributed by atoms with van der Waals surface area (Å²) in [7, 11) is 3.53. The number of nitrogens with zero attached hydrogens (tertiary/aromatic N) is 1. The zero-order valence-corrected chi connectivity index (χ0v) is 10.5. The average molecular weight is 236 g/mol. The van der Waals surface area contributed by atoms with Crippen molar-refractivity contribution in [1.82, 2.24) is 9.88 Å². The minimum atomic E-state index is -0.254. The molecule has 4 heteroatoms. The summed E-state index contributed by atoms with van der Waals surface area (Å²) < 4.78 is 4.92. The molecule has 1 aromatic rings. The Balaban J connectivity index is 1.92. The molecule has 1 fully saturated rings. The van der Waals surface area contributed by atoms with Crippen molar-refractivity contribution in [3.63, 3.8) is 0 Å². The number of aromatic nitrogens is 1. The van der Waals surface area contributed by atoms with E-state index in [4.69, 9.17) is 4.74 Å². The minimum Gasteiger partial charge on any atom is -0.469 e. The van der Waals surface area contributed by atoms with Gasteiger partial charge in [-0.15, -0.1) is 0 Å². The van der Waals surface area contributed by atoms with E-state index in [2.05, 4.69) is 16.0 Å². The van der Waals surface area contributed by atoms with Crippen molar-refractivity contribution in [3.05, 3.63) is 24.0 Å². The molecule has 1 aliphatic carbocycles. The van der Waals surface area contributed by atoms with E-state index < -0.39 is 0 Å². The number of methoxy groups -OCH3 is 1. The third-order valence-corrected chi connectivity index (χ3v) is 3.60. The van der Waals surface area contributed by atoms with E-state index in [1.54, 1.807) is 0 Å². The third kappa shape index (κ3) is 2.52. The number of aromatic amines is 1. The number of rotatable bonds is 5. The van der Waals surface area contributed by atoms with Crippen molar-refractivity contribution in [3.8, 4) is 0 Å². The largest absolute Gasteiger partial charge is 0.469 e. The van der Waals surface area contributed by atoms with E-state index in [0.29, 0.717) is 0 Å². The van der Waals surface area contributed by atoms with Gasteiger partial charge >= 0.3 is 5.97 Å². The summed E-state index contributed by atoms with van der Waals surface area (Å²) in [6.45, 7) is 1.62. The summed E-state index contributed by atoms with van der Waals surface area (Å²) in [5, 5.41) is 0. The highest BCUT2D eigenvalue weighted by Gasteiger charge is 2.45. The van der Waals surface area contributed by atoms with Crippen LogP contribution in [0, 0.1) is 5.41 Å². The Morgan fingerprint density at radius 3 is 2.82 bits per heavy atom. The zero-order chi connectivity index (χ0) is 12.3. The Bertz CT molecular complexity index is 369. The highest BCUT2D eigenvalue weighted by molar-refractivity contribution is 5.78. The van der Waals surface area contributed by atoms with Crippen molar-refractivity contribution >= 4 is 5.97 Å². The van der Waals surface area contributed by atoms with Crippen LogP contribution in [0.25, 0.3) is 0 Å². The number of esters is 1. The molecule has 0 aliphatic heterocycles. The Kier molecular flexibility index (Phi) is 3.52. The summed E-state index contributed by atoms with van der Waals surface area (Å²) in [6, 6.07) is 4.05. The fourth-order valence-electron chi connectivity index (χ4n) is 2.58. The first-order valence-electron chi connectivity index (χ1n) is 6.05. The van der Waals surface area contributed by atoms with Gasteiger partial charge in [-0.25, -0.2) is 0 Å². The second-order valence-corrected chi connectivity index (χ2v) is 4.99. The predicted octanol–water partition coefficient (Wildman–Crippen LogP) is 1.79. The molecule has 0 amide bonds. The Morgan fingerprint density at radius 1 is 1.59 bits per heavy atom. The molecule has 0 bridgehead atoms. The van der Waals surface area contributed by atoms with Gasteiger partial charge in [0.25, 0.3) is 0 Å². The van der Waals surface area contributed by atoms with Gasteiger partial charge in [0, 0.05) is 25.0 Å². The van der Waals surface area contributed by atoms with Crippen molar-refractivity contribution in [1.29, 1.82) is 0 Å². The van der Waals surface area contributed by atoms with E-state index in [9.17, 15) is 4.79 Å². The first-order valence-corrected chi connectivity index (χ1v) is 6.05. The maximum atomic E-state index is 11.8. The summed E-state index contributed by atoms with van der Waals surface area (Å²) in [5.41, 5.74) is 0.919. The maximum Gasteiger partial charge on any atom is 0.313 e. The molecule has 17 heavy (non-hydrogen) atoms. The molecule has 0 saturated heterocycles.